The van der Waals surface area contributed by atoms with Gasteiger partial charge in [0, 0.05) is 6.54 Å². The van der Waals surface area contributed by atoms with Crippen LogP contribution in [0.25, 0.3) is 0 Å². The Labute approximate surface area is 64.0 Å². The largest absolute Gasteiger partial charge is 0.372 e. The van der Waals surface area contributed by atoms with Crippen LogP contribution in [0.2, 0.25) is 0 Å². The molecule has 2 nitrogen and oxygen atoms in total. The molecule has 0 heterocycles. The van der Waals surface area contributed by atoms with Crippen LogP contribution in [0.3, 0.4) is 0 Å². The van der Waals surface area contributed by atoms with E-state index in [4.69, 9.17) is 4.74 Å². The van der Waals surface area contributed by atoms with E-state index in [0.717, 1.165) is 6.54 Å². The highest BCUT2D eigenvalue weighted by Crippen LogP contribution is 2.09. The second-order valence-electron chi connectivity index (χ2n) is 3.60. The average molecular weight is 145 g/mol. The summed E-state index contributed by atoms with van der Waals surface area (Å²) in [5, 5.41) is 3.07. The predicted octanol–water partition coefficient (Wildman–Crippen LogP) is 1.41. The highest BCUT2D eigenvalue weighted by atomic mass is 16.5. The van der Waals surface area contributed by atoms with Crippen LogP contribution < -0.4 is 5.32 Å². The van der Waals surface area contributed by atoms with Crippen molar-refractivity contribution in [3.8, 4) is 0 Å². The zero-order valence-electron chi connectivity index (χ0n) is 7.69. The molecule has 0 aliphatic carbocycles. The maximum absolute atomic E-state index is 5.62. The molecule has 1 atom stereocenters. The molecular formula is C8H19NO. The van der Waals surface area contributed by atoms with Crippen molar-refractivity contribution < 1.29 is 4.74 Å². The van der Waals surface area contributed by atoms with E-state index >= 15 is 0 Å². The van der Waals surface area contributed by atoms with Gasteiger partial charge in [-0.2, -0.15) is 0 Å². The molecule has 0 radical (unpaired) electrons. The van der Waals surface area contributed by atoms with E-state index in [1.54, 1.807) is 0 Å². The summed E-state index contributed by atoms with van der Waals surface area (Å²) >= 11 is 0. The van der Waals surface area contributed by atoms with E-state index < -0.39 is 0 Å². The third-order valence-corrected chi connectivity index (χ3v) is 1.05. The van der Waals surface area contributed by atoms with Crippen molar-refractivity contribution in [3.63, 3.8) is 0 Å². The molecule has 10 heavy (non-hydrogen) atoms. The zero-order chi connectivity index (χ0) is 8.20. The third-order valence-electron chi connectivity index (χ3n) is 1.05. The molecule has 0 saturated heterocycles. The molecule has 0 fully saturated rings. The fourth-order valence-corrected chi connectivity index (χ4v) is 0.933. The zero-order valence-corrected chi connectivity index (χ0v) is 7.69. The van der Waals surface area contributed by atoms with Crippen molar-refractivity contribution in [3.05, 3.63) is 0 Å². The average Bonchev–Trinajstić information content (AvgIpc) is 1.59. The first-order valence-corrected chi connectivity index (χ1v) is 3.78. The molecule has 62 valence electrons. The lowest BCUT2D eigenvalue weighted by molar-refractivity contribution is -0.0491. The topological polar surface area (TPSA) is 21.3 Å². The lowest BCUT2D eigenvalue weighted by Gasteiger charge is -2.24. The quantitative estimate of drug-likeness (QED) is 0.648. The number of likely N-dealkylation sites (N-methyl/N-ethyl adjacent to an activating group) is 1. The maximum Gasteiger partial charge on any atom is 0.0678 e. The normalized spacial score (nSPS) is 15.3. The van der Waals surface area contributed by atoms with Crippen molar-refractivity contribution >= 4 is 0 Å². The van der Waals surface area contributed by atoms with E-state index in [0.29, 0.717) is 6.10 Å². The second kappa shape index (κ2) is 3.94. The Morgan fingerprint density at radius 1 is 1.40 bits per heavy atom. The summed E-state index contributed by atoms with van der Waals surface area (Å²) in [4.78, 5) is 0. The van der Waals surface area contributed by atoms with Gasteiger partial charge in [0.15, 0.2) is 0 Å². The fourth-order valence-electron chi connectivity index (χ4n) is 0.933. The fraction of sp³-hybridized carbons (Fsp3) is 1.00. The molecule has 1 N–H and O–H groups in total. The Bertz CT molecular complexity index is 85.7. The van der Waals surface area contributed by atoms with Gasteiger partial charge < -0.3 is 10.1 Å². The number of rotatable bonds is 3. The Hall–Kier alpha value is -0.0800. The summed E-state index contributed by atoms with van der Waals surface area (Å²) in [5.74, 6) is 0. The molecule has 2 heteroatoms. The van der Waals surface area contributed by atoms with Gasteiger partial charge in [0.25, 0.3) is 0 Å². The number of nitrogens with one attached hydrogen (secondary N) is 1. The van der Waals surface area contributed by atoms with Crippen molar-refractivity contribution in [2.75, 3.05) is 13.6 Å². The molecule has 0 rings (SSSR count). The highest BCUT2D eigenvalue weighted by Gasteiger charge is 2.13. The van der Waals surface area contributed by atoms with Crippen LogP contribution in [0.5, 0.6) is 0 Å². The molecule has 0 saturated carbocycles. The van der Waals surface area contributed by atoms with Gasteiger partial charge in [-0.3, -0.25) is 0 Å². The molecule has 0 spiro atoms. The Morgan fingerprint density at radius 2 is 1.90 bits per heavy atom. The van der Waals surface area contributed by atoms with Gasteiger partial charge in [-0.25, -0.2) is 0 Å². The summed E-state index contributed by atoms with van der Waals surface area (Å²) in [5.41, 5.74) is -0.0176. The van der Waals surface area contributed by atoms with Gasteiger partial charge in [-0.05, 0) is 34.7 Å². The summed E-state index contributed by atoms with van der Waals surface area (Å²) in [6.07, 6.45) is 0.296. The van der Waals surface area contributed by atoms with Crippen LogP contribution in [0, 0.1) is 0 Å². The lowest BCUT2D eigenvalue weighted by Crippen LogP contribution is -2.31. The summed E-state index contributed by atoms with van der Waals surface area (Å²) < 4.78 is 5.62. The van der Waals surface area contributed by atoms with Crippen LogP contribution in [0.1, 0.15) is 27.7 Å². The highest BCUT2D eigenvalue weighted by molar-refractivity contribution is 4.63. The Kier molecular flexibility index (Phi) is 3.91. The minimum atomic E-state index is -0.0176. The molecule has 0 unspecified atom stereocenters. The lowest BCUT2D eigenvalue weighted by atomic mass is 10.2. The van der Waals surface area contributed by atoms with E-state index in [2.05, 4.69) is 33.0 Å². The number of hydrogen-bond donors (Lipinski definition) is 1. The van der Waals surface area contributed by atoms with Gasteiger partial charge in [-0.1, -0.05) is 0 Å². The van der Waals surface area contributed by atoms with Crippen molar-refractivity contribution in [2.45, 2.75) is 39.4 Å². The predicted molar refractivity (Wildman–Crippen MR) is 44.2 cm³/mol. The van der Waals surface area contributed by atoms with Crippen LogP contribution in [-0.2, 0) is 4.74 Å². The second-order valence-corrected chi connectivity index (χ2v) is 3.60. The molecular weight excluding hydrogens is 126 g/mol. The Balaban J connectivity index is 3.47. The van der Waals surface area contributed by atoms with Gasteiger partial charge in [0.05, 0.1) is 11.7 Å². The first kappa shape index (κ1) is 9.92. The van der Waals surface area contributed by atoms with Gasteiger partial charge >= 0.3 is 0 Å². The smallest absolute Gasteiger partial charge is 0.0678 e. The first-order chi connectivity index (χ1) is 4.45. The summed E-state index contributed by atoms with van der Waals surface area (Å²) in [6, 6.07) is 0. The van der Waals surface area contributed by atoms with Gasteiger partial charge in [-0.15, -0.1) is 0 Å². The molecule has 0 aliphatic rings. The monoisotopic (exact) mass is 145 g/mol. The standard InChI is InChI=1S/C8H19NO/c1-7(6-9-5)10-8(2,3)4/h7,9H,6H2,1-5H3/t7-/m1/s1. The van der Waals surface area contributed by atoms with Gasteiger partial charge in [0.2, 0.25) is 0 Å². The van der Waals surface area contributed by atoms with E-state index in [-0.39, 0.29) is 5.60 Å². The van der Waals surface area contributed by atoms with E-state index in [1.165, 1.54) is 0 Å². The number of ether oxygens (including phenoxy) is 1. The van der Waals surface area contributed by atoms with E-state index in [9.17, 15) is 0 Å². The molecule has 0 aromatic heterocycles. The molecule has 0 aromatic carbocycles. The van der Waals surface area contributed by atoms with Crippen molar-refractivity contribution in [2.24, 2.45) is 0 Å². The molecule has 0 bridgehead atoms. The maximum atomic E-state index is 5.62. The Morgan fingerprint density at radius 3 is 2.20 bits per heavy atom. The first-order valence-electron chi connectivity index (χ1n) is 3.78. The number of hydrogen-bond acceptors (Lipinski definition) is 2. The van der Waals surface area contributed by atoms with Gasteiger partial charge in [0.1, 0.15) is 0 Å². The SMILES string of the molecule is CNC[C@@H](C)OC(C)(C)C. The van der Waals surface area contributed by atoms with Crippen molar-refractivity contribution in [1.29, 1.82) is 0 Å². The van der Waals surface area contributed by atoms with Crippen LogP contribution in [-0.4, -0.2) is 25.3 Å². The van der Waals surface area contributed by atoms with E-state index in [1.807, 2.05) is 7.05 Å². The minimum absolute atomic E-state index is 0.0176. The molecule has 0 aromatic rings. The van der Waals surface area contributed by atoms with Crippen LogP contribution in [0.15, 0.2) is 0 Å². The minimum Gasteiger partial charge on any atom is -0.372 e. The molecule has 0 aliphatic heterocycles. The third kappa shape index (κ3) is 6.05. The van der Waals surface area contributed by atoms with Crippen molar-refractivity contribution in [1.82, 2.24) is 5.32 Å². The summed E-state index contributed by atoms with van der Waals surface area (Å²) in [6.45, 7) is 9.19. The van der Waals surface area contributed by atoms with Crippen LogP contribution in [0.4, 0.5) is 0 Å². The summed E-state index contributed by atoms with van der Waals surface area (Å²) in [7, 11) is 1.93. The van der Waals surface area contributed by atoms with Crippen LogP contribution >= 0.6 is 0 Å². The molecule has 0 amide bonds.